The summed E-state index contributed by atoms with van der Waals surface area (Å²) in [4.78, 5) is 14.5. The van der Waals surface area contributed by atoms with Crippen LogP contribution in [0.25, 0.3) is 10.2 Å². The molecule has 0 aliphatic carbocycles. The zero-order valence-corrected chi connectivity index (χ0v) is 21.1. The van der Waals surface area contributed by atoms with E-state index in [1.165, 1.54) is 17.5 Å². The molecule has 5 nitrogen and oxygen atoms in total. The van der Waals surface area contributed by atoms with Gasteiger partial charge in [-0.1, -0.05) is 71.5 Å². The summed E-state index contributed by atoms with van der Waals surface area (Å²) in [5.41, 5.74) is 1.46. The number of ether oxygens (including phenoxy) is 2. The Kier molecular flexibility index (Phi) is 12.8. The van der Waals surface area contributed by atoms with Crippen molar-refractivity contribution in [3.05, 3.63) is 36.6 Å². The third-order valence-corrected chi connectivity index (χ3v) is 7.35. The third kappa shape index (κ3) is 11.6. The monoisotopic (exact) mass is 467 g/mol. The van der Waals surface area contributed by atoms with Crippen LogP contribution in [-0.2, 0) is 14.3 Å². The highest BCUT2D eigenvalue weighted by Crippen LogP contribution is 2.30. The van der Waals surface area contributed by atoms with Gasteiger partial charge in [-0.2, -0.15) is 0 Å². The van der Waals surface area contributed by atoms with Crippen molar-refractivity contribution >= 4 is 39.3 Å². The van der Waals surface area contributed by atoms with E-state index in [9.17, 15) is 4.79 Å². The number of rotatable bonds is 13. The number of para-hydroxylation sites is 1. The van der Waals surface area contributed by atoms with E-state index in [0.29, 0.717) is 11.2 Å². The van der Waals surface area contributed by atoms with Crippen molar-refractivity contribution in [3.8, 4) is 0 Å². The summed E-state index contributed by atoms with van der Waals surface area (Å²) in [5, 5.41) is 8.18. The van der Waals surface area contributed by atoms with E-state index in [1.54, 1.807) is 30.0 Å². The predicted molar refractivity (Wildman–Crippen MR) is 132 cm³/mol. The molecule has 31 heavy (non-hydrogen) atoms. The van der Waals surface area contributed by atoms with Crippen LogP contribution in [-0.4, -0.2) is 35.2 Å². The van der Waals surface area contributed by atoms with Crippen LogP contribution in [0, 0.1) is 11.3 Å². The van der Waals surface area contributed by atoms with Crippen LogP contribution in [0.2, 0.25) is 0 Å². The lowest BCUT2D eigenvalue weighted by atomic mass is 9.85. The van der Waals surface area contributed by atoms with Crippen LogP contribution in [0.1, 0.15) is 60.3 Å². The number of carboxylic acid groups (broad SMARTS) is 1. The first-order valence-corrected chi connectivity index (χ1v) is 12.6. The number of aromatic nitrogens is 1. The number of hydrogen-bond acceptors (Lipinski definition) is 6. The Morgan fingerprint density at radius 2 is 2.03 bits per heavy atom. The van der Waals surface area contributed by atoms with Gasteiger partial charge in [0.2, 0.25) is 0 Å². The molecule has 0 fully saturated rings. The fourth-order valence-electron chi connectivity index (χ4n) is 2.28. The van der Waals surface area contributed by atoms with Gasteiger partial charge in [-0.15, -0.1) is 11.3 Å². The lowest BCUT2D eigenvalue weighted by Crippen LogP contribution is -2.11. The van der Waals surface area contributed by atoms with Gasteiger partial charge in [0.25, 0.3) is 0 Å². The molecule has 0 spiro atoms. The standard InChI is InChI=1S/C19H27NO2S2.C5H10O2/c1-5-19(3,4)11-8-12-21-14-22-15(2)13-23-18-20-16-9-6-7-10-17(16)24-18;1-3-4(2)5(6)7/h6-7,9-10H,2,5,8,11-14H2,1,3-4H3;4H,3H2,1-2H3,(H,6,7). The molecule has 0 aliphatic rings. The SMILES string of the molecule is C=C(CSc1nc2ccccc2s1)OCOCCCC(C)(C)CC.CCC(C)C(=O)O. The van der Waals surface area contributed by atoms with Gasteiger partial charge in [-0.3, -0.25) is 4.79 Å². The molecule has 1 heterocycles. The first kappa shape index (κ1) is 27.5. The number of thioether (sulfide) groups is 1. The summed E-state index contributed by atoms with van der Waals surface area (Å²) >= 11 is 3.36. The molecule has 174 valence electrons. The molecule has 7 heteroatoms. The summed E-state index contributed by atoms with van der Waals surface area (Å²) in [5.74, 6) is 0.544. The van der Waals surface area contributed by atoms with E-state index in [-0.39, 0.29) is 12.7 Å². The summed E-state index contributed by atoms with van der Waals surface area (Å²) in [6, 6.07) is 8.18. The van der Waals surface area contributed by atoms with Gasteiger partial charge >= 0.3 is 5.97 Å². The first-order chi connectivity index (χ1) is 14.7. The Morgan fingerprint density at radius 3 is 2.61 bits per heavy atom. The van der Waals surface area contributed by atoms with Gasteiger partial charge in [-0.25, -0.2) is 4.98 Å². The van der Waals surface area contributed by atoms with Crippen LogP contribution in [0.3, 0.4) is 0 Å². The van der Waals surface area contributed by atoms with Crippen LogP contribution in [0.4, 0.5) is 0 Å². The first-order valence-electron chi connectivity index (χ1n) is 10.8. The fraction of sp³-hybridized carbons (Fsp3) is 0.583. The Labute approximate surface area is 195 Å². The number of benzene rings is 1. The van der Waals surface area contributed by atoms with Crippen molar-refractivity contribution in [2.75, 3.05) is 19.2 Å². The molecule has 0 saturated heterocycles. The second-order valence-electron chi connectivity index (χ2n) is 8.21. The lowest BCUT2D eigenvalue weighted by molar-refractivity contribution is -0.141. The average molecular weight is 468 g/mol. The van der Waals surface area contributed by atoms with Gasteiger partial charge in [0.1, 0.15) is 5.76 Å². The van der Waals surface area contributed by atoms with Gasteiger partial charge < -0.3 is 14.6 Å². The minimum Gasteiger partial charge on any atom is -0.481 e. The molecule has 1 aromatic carbocycles. The van der Waals surface area contributed by atoms with Crippen molar-refractivity contribution in [3.63, 3.8) is 0 Å². The molecule has 2 aromatic rings. The van der Waals surface area contributed by atoms with Crippen LogP contribution in [0.15, 0.2) is 40.9 Å². The largest absolute Gasteiger partial charge is 0.481 e. The molecular formula is C24H37NO4S2. The second kappa shape index (κ2) is 14.5. The molecule has 1 atom stereocenters. The summed E-state index contributed by atoms with van der Waals surface area (Å²) in [7, 11) is 0. The summed E-state index contributed by atoms with van der Waals surface area (Å²) < 4.78 is 13.3. The highest BCUT2D eigenvalue weighted by atomic mass is 32.2. The maximum absolute atomic E-state index is 9.93. The number of carbonyl (C=O) groups is 1. The zero-order chi connectivity index (χ0) is 23.3. The molecule has 0 saturated carbocycles. The highest BCUT2D eigenvalue weighted by Gasteiger charge is 2.13. The summed E-state index contributed by atoms with van der Waals surface area (Å²) in [6.45, 7) is 15.4. The van der Waals surface area contributed by atoms with E-state index in [2.05, 4.69) is 38.4 Å². The van der Waals surface area contributed by atoms with Crippen LogP contribution < -0.4 is 0 Å². The Balaban J connectivity index is 0.000000592. The van der Waals surface area contributed by atoms with Gasteiger partial charge in [0.15, 0.2) is 11.1 Å². The Morgan fingerprint density at radius 1 is 1.32 bits per heavy atom. The second-order valence-corrected chi connectivity index (χ2v) is 10.5. The Bertz CT molecular complexity index is 771. The average Bonchev–Trinajstić information content (AvgIpc) is 3.17. The molecule has 0 aliphatic heterocycles. The van der Waals surface area contributed by atoms with E-state index in [0.717, 1.165) is 35.1 Å². The predicted octanol–water partition coefficient (Wildman–Crippen LogP) is 7.23. The third-order valence-electron chi connectivity index (χ3n) is 5.11. The van der Waals surface area contributed by atoms with Gasteiger partial charge in [0, 0.05) is 0 Å². The van der Waals surface area contributed by atoms with Gasteiger partial charge in [-0.05, 0) is 36.8 Å². The molecular weight excluding hydrogens is 430 g/mol. The number of fused-ring (bicyclic) bond motifs is 1. The molecule has 1 unspecified atom stereocenters. The molecule has 2 rings (SSSR count). The normalized spacial score (nSPS) is 12.2. The smallest absolute Gasteiger partial charge is 0.306 e. The topological polar surface area (TPSA) is 68.7 Å². The molecule has 0 amide bonds. The van der Waals surface area contributed by atoms with Crippen LogP contribution in [0.5, 0.6) is 0 Å². The van der Waals surface area contributed by atoms with Crippen molar-refractivity contribution in [1.82, 2.24) is 4.98 Å². The van der Waals surface area contributed by atoms with Crippen molar-refractivity contribution < 1.29 is 19.4 Å². The maximum atomic E-state index is 9.93. The number of nitrogens with zero attached hydrogens (tertiary/aromatic N) is 1. The molecule has 0 bridgehead atoms. The van der Waals surface area contributed by atoms with Crippen LogP contribution >= 0.6 is 23.1 Å². The van der Waals surface area contributed by atoms with E-state index in [4.69, 9.17) is 14.6 Å². The van der Waals surface area contributed by atoms with E-state index in [1.807, 2.05) is 25.1 Å². The number of aliphatic carboxylic acids is 1. The minimum absolute atomic E-state index is 0.181. The van der Waals surface area contributed by atoms with Crippen molar-refractivity contribution in [1.29, 1.82) is 0 Å². The summed E-state index contributed by atoms with van der Waals surface area (Å²) in [6.07, 6.45) is 4.16. The van der Waals surface area contributed by atoms with Crippen molar-refractivity contribution in [2.24, 2.45) is 11.3 Å². The van der Waals surface area contributed by atoms with E-state index < -0.39 is 5.97 Å². The molecule has 1 N–H and O–H groups in total. The zero-order valence-electron chi connectivity index (χ0n) is 19.5. The Hall–Kier alpha value is -1.57. The van der Waals surface area contributed by atoms with Gasteiger partial charge in [0.05, 0.1) is 28.5 Å². The minimum atomic E-state index is -0.706. The lowest BCUT2D eigenvalue weighted by Gasteiger charge is -2.22. The number of thiazole rings is 1. The maximum Gasteiger partial charge on any atom is 0.306 e. The molecule has 0 radical (unpaired) electrons. The molecule has 1 aromatic heterocycles. The fourth-order valence-corrected chi connectivity index (χ4v) is 4.19. The number of carboxylic acids is 1. The highest BCUT2D eigenvalue weighted by molar-refractivity contribution is 8.01. The van der Waals surface area contributed by atoms with Crippen molar-refractivity contribution in [2.45, 2.75) is 64.6 Å². The quantitative estimate of drug-likeness (QED) is 0.145. The number of hydrogen-bond donors (Lipinski definition) is 1. The van der Waals surface area contributed by atoms with E-state index >= 15 is 0 Å².